The zero-order valence-electron chi connectivity index (χ0n) is 14.0. The maximum absolute atomic E-state index is 12.2. The van der Waals surface area contributed by atoms with Gasteiger partial charge in [-0.2, -0.15) is 0 Å². The third-order valence-electron chi connectivity index (χ3n) is 3.91. The molecule has 0 amide bonds. The maximum Gasteiger partial charge on any atom is 0.242 e. The molecule has 0 aliphatic rings. The molecule has 0 radical (unpaired) electrons. The summed E-state index contributed by atoms with van der Waals surface area (Å²) in [6.07, 6.45) is 5.21. The quantitative estimate of drug-likeness (QED) is 0.704. The van der Waals surface area contributed by atoms with Crippen LogP contribution in [0.5, 0.6) is 0 Å². The van der Waals surface area contributed by atoms with E-state index in [1.165, 1.54) is 17.8 Å². The van der Waals surface area contributed by atoms with Gasteiger partial charge in [0.2, 0.25) is 10.0 Å². The molecule has 2 aromatic heterocycles. The molecule has 0 saturated heterocycles. The van der Waals surface area contributed by atoms with Gasteiger partial charge in [0.1, 0.15) is 10.7 Å². The highest BCUT2D eigenvalue weighted by atomic mass is 32.2. The second-order valence-electron chi connectivity index (χ2n) is 5.72. The first-order valence-corrected chi connectivity index (χ1v) is 9.49. The van der Waals surface area contributed by atoms with Crippen molar-refractivity contribution in [3.05, 3.63) is 78.1 Å². The van der Waals surface area contributed by atoms with Gasteiger partial charge in [-0.25, -0.2) is 18.1 Å². The van der Waals surface area contributed by atoms with Crippen molar-refractivity contribution in [1.82, 2.24) is 19.3 Å². The van der Waals surface area contributed by atoms with E-state index in [2.05, 4.69) is 31.4 Å². The van der Waals surface area contributed by atoms with Crippen molar-refractivity contribution in [2.24, 2.45) is 0 Å². The highest BCUT2D eigenvalue weighted by molar-refractivity contribution is 7.89. The van der Waals surface area contributed by atoms with Crippen molar-refractivity contribution in [1.29, 1.82) is 0 Å². The van der Waals surface area contributed by atoms with E-state index in [-0.39, 0.29) is 11.4 Å². The van der Waals surface area contributed by atoms with E-state index in [1.54, 1.807) is 12.3 Å². The SMILES string of the molecule is Cc1cnc(CCNS(=O)(=O)c2cccnc2)n1Cc1ccccc1. The van der Waals surface area contributed by atoms with Gasteiger partial charge < -0.3 is 4.57 Å². The molecule has 3 rings (SSSR count). The number of benzene rings is 1. The molecule has 2 heterocycles. The molecule has 1 N–H and O–H groups in total. The Bertz CT molecular complexity index is 922. The van der Waals surface area contributed by atoms with Crippen LogP contribution >= 0.6 is 0 Å². The maximum atomic E-state index is 12.2. The van der Waals surface area contributed by atoms with Crippen LogP contribution in [-0.2, 0) is 23.0 Å². The topological polar surface area (TPSA) is 76.9 Å². The monoisotopic (exact) mass is 356 g/mol. The van der Waals surface area contributed by atoms with Crippen molar-refractivity contribution >= 4 is 10.0 Å². The Morgan fingerprint density at radius 1 is 1.08 bits per heavy atom. The van der Waals surface area contributed by atoms with Crippen molar-refractivity contribution in [3.63, 3.8) is 0 Å². The summed E-state index contributed by atoms with van der Waals surface area (Å²) in [5, 5.41) is 0. The smallest absolute Gasteiger partial charge is 0.242 e. The van der Waals surface area contributed by atoms with Gasteiger partial charge >= 0.3 is 0 Å². The summed E-state index contributed by atoms with van der Waals surface area (Å²) >= 11 is 0. The first-order valence-electron chi connectivity index (χ1n) is 8.01. The van der Waals surface area contributed by atoms with Crippen LogP contribution in [0.2, 0.25) is 0 Å². The predicted molar refractivity (Wildman–Crippen MR) is 95.6 cm³/mol. The minimum absolute atomic E-state index is 0.166. The van der Waals surface area contributed by atoms with E-state index in [9.17, 15) is 8.42 Å². The molecule has 130 valence electrons. The van der Waals surface area contributed by atoms with Gasteiger partial charge in [0.15, 0.2) is 0 Å². The Hall–Kier alpha value is -2.51. The Balaban J connectivity index is 1.66. The van der Waals surface area contributed by atoms with Gasteiger partial charge in [0, 0.05) is 43.8 Å². The first-order chi connectivity index (χ1) is 12.1. The summed E-state index contributed by atoms with van der Waals surface area (Å²) in [6.45, 7) is 3.00. The van der Waals surface area contributed by atoms with Crippen molar-refractivity contribution in [2.75, 3.05) is 6.54 Å². The number of hydrogen-bond donors (Lipinski definition) is 1. The molecule has 0 spiro atoms. The molecule has 0 fully saturated rings. The van der Waals surface area contributed by atoms with E-state index in [1.807, 2.05) is 31.3 Å². The number of hydrogen-bond acceptors (Lipinski definition) is 4. The number of aryl methyl sites for hydroxylation is 1. The van der Waals surface area contributed by atoms with Crippen LogP contribution in [0.1, 0.15) is 17.1 Å². The zero-order chi connectivity index (χ0) is 17.7. The molecule has 0 bridgehead atoms. The second-order valence-corrected chi connectivity index (χ2v) is 7.49. The standard InChI is InChI=1S/C18H20N4O2S/c1-15-12-20-18(22(15)14-16-6-3-2-4-7-16)9-11-21-25(23,24)17-8-5-10-19-13-17/h2-8,10,12-13,21H,9,11,14H2,1H3. The van der Waals surface area contributed by atoms with E-state index in [0.29, 0.717) is 6.42 Å². The molecular weight excluding hydrogens is 336 g/mol. The third-order valence-corrected chi connectivity index (χ3v) is 5.35. The van der Waals surface area contributed by atoms with Crippen LogP contribution in [0, 0.1) is 6.92 Å². The van der Waals surface area contributed by atoms with Gasteiger partial charge in [0.05, 0.1) is 0 Å². The minimum Gasteiger partial charge on any atom is -0.328 e. The number of pyridine rings is 1. The number of imidazole rings is 1. The van der Waals surface area contributed by atoms with Gasteiger partial charge in [-0.15, -0.1) is 0 Å². The largest absolute Gasteiger partial charge is 0.328 e. The summed E-state index contributed by atoms with van der Waals surface area (Å²) in [5.74, 6) is 0.857. The molecule has 0 aliphatic heterocycles. The van der Waals surface area contributed by atoms with Gasteiger partial charge in [-0.3, -0.25) is 4.98 Å². The number of sulfonamides is 1. The third kappa shape index (κ3) is 4.32. The summed E-state index contributed by atoms with van der Waals surface area (Å²) in [5.41, 5.74) is 2.23. The molecule has 7 heteroatoms. The average molecular weight is 356 g/mol. The molecule has 25 heavy (non-hydrogen) atoms. The summed E-state index contributed by atoms with van der Waals surface area (Å²) < 4.78 is 29.2. The van der Waals surface area contributed by atoms with Crippen molar-refractivity contribution in [3.8, 4) is 0 Å². The lowest BCUT2D eigenvalue weighted by molar-refractivity contribution is 0.578. The lowest BCUT2D eigenvalue weighted by Gasteiger charge is -2.11. The number of rotatable bonds is 7. The van der Waals surface area contributed by atoms with Crippen LogP contribution in [0.4, 0.5) is 0 Å². The Morgan fingerprint density at radius 2 is 1.88 bits per heavy atom. The van der Waals surface area contributed by atoms with E-state index >= 15 is 0 Å². The van der Waals surface area contributed by atoms with Gasteiger partial charge in [0.25, 0.3) is 0 Å². The van der Waals surface area contributed by atoms with Crippen molar-refractivity contribution < 1.29 is 8.42 Å². The Labute approximate surface area is 147 Å². The lowest BCUT2D eigenvalue weighted by Crippen LogP contribution is -2.27. The van der Waals surface area contributed by atoms with Gasteiger partial charge in [-0.1, -0.05) is 30.3 Å². The number of aromatic nitrogens is 3. The lowest BCUT2D eigenvalue weighted by atomic mass is 10.2. The van der Waals surface area contributed by atoms with Crippen molar-refractivity contribution in [2.45, 2.75) is 24.8 Å². The molecule has 0 aliphatic carbocycles. The second kappa shape index (κ2) is 7.58. The zero-order valence-corrected chi connectivity index (χ0v) is 14.8. The Kier molecular flexibility index (Phi) is 5.25. The summed E-state index contributed by atoms with van der Waals surface area (Å²) in [6, 6.07) is 13.2. The molecular formula is C18H20N4O2S. The highest BCUT2D eigenvalue weighted by Gasteiger charge is 2.14. The Morgan fingerprint density at radius 3 is 2.60 bits per heavy atom. The molecule has 0 saturated carbocycles. The molecule has 0 atom stereocenters. The van der Waals surface area contributed by atoms with E-state index in [4.69, 9.17) is 0 Å². The molecule has 3 aromatic rings. The molecule has 1 aromatic carbocycles. The fourth-order valence-corrected chi connectivity index (χ4v) is 3.57. The summed E-state index contributed by atoms with van der Waals surface area (Å²) in [4.78, 5) is 8.43. The first kappa shape index (κ1) is 17.3. The van der Waals surface area contributed by atoms with E-state index in [0.717, 1.165) is 18.1 Å². The van der Waals surface area contributed by atoms with Crippen LogP contribution in [0.3, 0.4) is 0 Å². The highest BCUT2D eigenvalue weighted by Crippen LogP contribution is 2.11. The fourth-order valence-electron chi connectivity index (χ4n) is 2.58. The minimum atomic E-state index is -3.54. The summed E-state index contributed by atoms with van der Waals surface area (Å²) in [7, 11) is -3.54. The van der Waals surface area contributed by atoms with Crippen LogP contribution < -0.4 is 4.72 Å². The van der Waals surface area contributed by atoms with Crippen LogP contribution in [-0.4, -0.2) is 29.5 Å². The van der Waals surface area contributed by atoms with Crippen LogP contribution in [0.15, 0.2) is 66.0 Å². The number of nitrogens with one attached hydrogen (secondary N) is 1. The predicted octanol–water partition coefficient (Wildman–Crippen LogP) is 2.16. The molecule has 6 nitrogen and oxygen atoms in total. The average Bonchev–Trinajstić information content (AvgIpc) is 2.97. The van der Waals surface area contributed by atoms with E-state index < -0.39 is 10.0 Å². The normalized spacial score (nSPS) is 11.6. The van der Waals surface area contributed by atoms with Gasteiger partial charge in [-0.05, 0) is 24.6 Å². The molecule has 0 unspecified atom stereocenters. The van der Waals surface area contributed by atoms with Crippen LogP contribution in [0.25, 0.3) is 0 Å². The fraction of sp³-hybridized carbons (Fsp3) is 0.222. The number of nitrogens with zero attached hydrogens (tertiary/aromatic N) is 3.